The fraction of sp³-hybridized carbons (Fsp3) is 0.176. The Bertz CT molecular complexity index is 748. The molecule has 0 saturated carbocycles. The molecule has 0 aliphatic heterocycles. The lowest BCUT2D eigenvalue weighted by molar-refractivity contribution is -0.120. The average Bonchev–Trinajstić information content (AvgIpc) is 2.56. The SMILES string of the molecule is COc1ccc(N(CC(=O)Nc2cc(Cl)ccc2Cl)C(C)=O)cc1. The average molecular weight is 367 g/mol. The van der Waals surface area contributed by atoms with Crippen molar-refractivity contribution in [3.05, 3.63) is 52.5 Å². The Kier molecular flexibility index (Phi) is 6.06. The van der Waals surface area contributed by atoms with E-state index in [1.807, 2.05) is 0 Å². The first-order valence-electron chi connectivity index (χ1n) is 7.07. The smallest absolute Gasteiger partial charge is 0.244 e. The van der Waals surface area contributed by atoms with Gasteiger partial charge in [-0.15, -0.1) is 0 Å². The van der Waals surface area contributed by atoms with Crippen LogP contribution >= 0.6 is 23.2 Å². The van der Waals surface area contributed by atoms with Gasteiger partial charge in [-0.3, -0.25) is 9.59 Å². The molecule has 2 amide bonds. The minimum absolute atomic E-state index is 0.148. The van der Waals surface area contributed by atoms with Gasteiger partial charge in [-0.25, -0.2) is 0 Å². The van der Waals surface area contributed by atoms with E-state index < -0.39 is 0 Å². The van der Waals surface area contributed by atoms with E-state index in [1.165, 1.54) is 11.8 Å². The van der Waals surface area contributed by atoms with E-state index in [9.17, 15) is 9.59 Å². The second-order valence-corrected chi connectivity index (χ2v) is 5.82. The van der Waals surface area contributed by atoms with Gasteiger partial charge in [0, 0.05) is 17.6 Å². The van der Waals surface area contributed by atoms with Gasteiger partial charge in [0.05, 0.1) is 17.8 Å². The van der Waals surface area contributed by atoms with E-state index in [-0.39, 0.29) is 18.4 Å². The molecule has 24 heavy (non-hydrogen) atoms. The molecule has 1 N–H and O–H groups in total. The van der Waals surface area contributed by atoms with Crippen molar-refractivity contribution in [1.29, 1.82) is 0 Å². The highest BCUT2D eigenvalue weighted by Gasteiger charge is 2.17. The lowest BCUT2D eigenvalue weighted by Gasteiger charge is -2.21. The van der Waals surface area contributed by atoms with Gasteiger partial charge in [0.15, 0.2) is 0 Å². The molecular weight excluding hydrogens is 351 g/mol. The molecule has 5 nitrogen and oxygen atoms in total. The van der Waals surface area contributed by atoms with Gasteiger partial charge in [-0.1, -0.05) is 23.2 Å². The zero-order chi connectivity index (χ0) is 17.7. The number of ether oxygens (including phenoxy) is 1. The molecule has 0 radical (unpaired) electrons. The number of rotatable bonds is 5. The summed E-state index contributed by atoms with van der Waals surface area (Å²) < 4.78 is 5.08. The summed E-state index contributed by atoms with van der Waals surface area (Å²) in [6, 6.07) is 11.6. The zero-order valence-electron chi connectivity index (χ0n) is 13.2. The number of amides is 2. The van der Waals surface area contributed by atoms with Gasteiger partial charge in [-0.2, -0.15) is 0 Å². The van der Waals surface area contributed by atoms with E-state index in [2.05, 4.69) is 5.32 Å². The minimum Gasteiger partial charge on any atom is -0.497 e. The van der Waals surface area contributed by atoms with Gasteiger partial charge < -0.3 is 15.0 Å². The molecule has 0 fully saturated rings. The highest BCUT2D eigenvalue weighted by Crippen LogP contribution is 2.25. The molecule has 7 heteroatoms. The predicted molar refractivity (Wildman–Crippen MR) is 96.1 cm³/mol. The second kappa shape index (κ2) is 8.04. The van der Waals surface area contributed by atoms with Crippen molar-refractivity contribution in [2.75, 3.05) is 23.9 Å². The fourth-order valence-electron chi connectivity index (χ4n) is 2.07. The van der Waals surface area contributed by atoms with Crippen LogP contribution < -0.4 is 15.0 Å². The lowest BCUT2D eigenvalue weighted by Crippen LogP contribution is -2.36. The molecule has 0 saturated heterocycles. The molecule has 0 aliphatic carbocycles. The van der Waals surface area contributed by atoms with Crippen LogP contribution in [0.15, 0.2) is 42.5 Å². The van der Waals surface area contributed by atoms with Crippen LogP contribution in [0.1, 0.15) is 6.92 Å². The van der Waals surface area contributed by atoms with E-state index in [0.29, 0.717) is 27.2 Å². The first-order chi connectivity index (χ1) is 11.4. The minimum atomic E-state index is -0.384. The molecule has 0 aliphatic rings. The number of anilines is 2. The number of nitrogens with zero attached hydrogens (tertiary/aromatic N) is 1. The van der Waals surface area contributed by atoms with Crippen LogP contribution in [0, 0.1) is 0 Å². The summed E-state index contributed by atoms with van der Waals surface area (Å²) in [7, 11) is 1.56. The summed E-state index contributed by atoms with van der Waals surface area (Å²) in [6.07, 6.45) is 0. The van der Waals surface area contributed by atoms with Gasteiger partial charge in [0.25, 0.3) is 0 Å². The first-order valence-corrected chi connectivity index (χ1v) is 7.83. The topological polar surface area (TPSA) is 58.6 Å². The number of hydrogen-bond acceptors (Lipinski definition) is 3. The summed E-state index contributed by atoms with van der Waals surface area (Å²) in [4.78, 5) is 25.5. The maximum atomic E-state index is 12.3. The van der Waals surface area contributed by atoms with E-state index >= 15 is 0 Å². The standard InChI is InChI=1S/C17H16Cl2N2O3/c1-11(22)21(13-4-6-14(24-2)7-5-13)10-17(23)20-16-9-12(18)3-8-15(16)19/h3-9H,10H2,1-2H3,(H,20,23). The van der Waals surface area contributed by atoms with E-state index in [0.717, 1.165) is 0 Å². The normalized spacial score (nSPS) is 10.2. The Labute approximate surface area is 150 Å². The molecule has 2 rings (SSSR count). The van der Waals surface area contributed by atoms with Gasteiger partial charge in [-0.05, 0) is 42.5 Å². The molecule has 0 aromatic heterocycles. The first kappa shape index (κ1) is 18.1. The van der Waals surface area contributed by atoms with Crippen LogP contribution in [0.2, 0.25) is 10.0 Å². The maximum Gasteiger partial charge on any atom is 0.244 e. The Morgan fingerprint density at radius 2 is 1.79 bits per heavy atom. The van der Waals surface area contributed by atoms with Crippen molar-refractivity contribution < 1.29 is 14.3 Å². The molecule has 0 spiro atoms. The number of carbonyl (C=O) groups is 2. The van der Waals surface area contributed by atoms with Crippen molar-refractivity contribution in [1.82, 2.24) is 0 Å². The van der Waals surface area contributed by atoms with Crippen LogP contribution in [0.3, 0.4) is 0 Å². The molecule has 0 heterocycles. The number of hydrogen-bond donors (Lipinski definition) is 1. The van der Waals surface area contributed by atoms with Crippen molar-refractivity contribution in [2.24, 2.45) is 0 Å². The quantitative estimate of drug-likeness (QED) is 0.869. The van der Waals surface area contributed by atoms with E-state index in [1.54, 1.807) is 49.6 Å². The summed E-state index contributed by atoms with van der Waals surface area (Å²) >= 11 is 11.9. The van der Waals surface area contributed by atoms with Crippen molar-refractivity contribution in [2.45, 2.75) is 6.92 Å². The fourth-order valence-corrected chi connectivity index (χ4v) is 2.41. The van der Waals surface area contributed by atoms with Crippen LogP contribution in [0.25, 0.3) is 0 Å². The Hall–Kier alpha value is -2.24. The highest BCUT2D eigenvalue weighted by molar-refractivity contribution is 6.35. The van der Waals surface area contributed by atoms with Gasteiger partial charge in [0.2, 0.25) is 11.8 Å². The van der Waals surface area contributed by atoms with Crippen molar-refractivity contribution in [3.8, 4) is 5.75 Å². The second-order valence-electron chi connectivity index (χ2n) is 4.98. The third-order valence-corrected chi connectivity index (χ3v) is 3.83. The largest absolute Gasteiger partial charge is 0.497 e. The number of halogens is 2. The van der Waals surface area contributed by atoms with Gasteiger partial charge >= 0.3 is 0 Å². The van der Waals surface area contributed by atoms with Crippen LogP contribution in [-0.2, 0) is 9.59 Å². The molecule has 0 atom stereocenters. The summed E-state index contributed by atoms with van der Waals surface area (Å²) in [5, 5.41) is 3.47. The van der Waals surface area contributed by atoms with Crippen LogP contribution in [0.4, 0.5) is 11.4 Å². The Morgan fingerprint density at radius 1 is 1.12 bits per heavy atom. The lowest BCUT2D eigenvalue weighted by atomic mass is 10.2. The number of benzene rings is 2. The van der Waals surface area contributed by atoms with Crippen molar-refractivity contribution in [3.63, 3.8) is 0 Å². The molecule has 2 aromatic rings. The third kappa shape index (κ3) is 4.63. The number of methoxy groups -OCH3 is 1. The number of carbonyl (C=O) groups excluding carboxylic acids is 2. The molecular formula is C17H16Cl2N2O3. The number of nitrogens with one attached hydrogen (secondary N) is 1. The summed E-state index contributed by atoms with van der Waals surface area (Å²) in [5.41, 5.74) is 0.989. The molecule has 2 aromatic carbocycles. The van der Waals surface area contributed by atoms with Crippen molar-refractivity contribution >= 4 is 46.4 Å². The highest BCUT2D eigenvalue weighted by atomic mass is 35.5. The van der Waals surface area contributed by atoms with Crippen LogP contribution in [0.5, 0.6) is 5.75 Å². The Morgan fingerprint density at radius 3 is 2.38 bits per heavy atom. The third-order valence-electron chi connectivity index (χ3n) is 3.27. The molecule has 0 unspecified atom stereocenters. The molecule has 126 valence electrons. The summed E-state index contributed by atoms with van der Waals surface area (Å²) in [5.74, 6) is 0.0232. The predicted octanol–water partition coefficient (Wildman–Crippen LogP) is 3.99. The maximum absolute atomic E-state index is 12.3. The summed E-state index contributed by atoms with van der Waals surface area (Å²) in [6.45, 7) is 1.24. The zero-order valence-corrected chi connectivity index (χ0v) is 14.7. The van der Waals surface area contributed by atoms with Crippen LogP contribution in [-0.4, -0.2) is 25.5 Å². The monoisotopic (exact) mass is 366 g/mol. The van der Waals surface area contributed by atoms with Gasteiger partial charge in [0.1, 0.15) is 12.3 Å². The Balaban J connectivity index is 2.13. The molecule has 0 bridgehead atoms. The van der Waals surface area contributed by atoms with E-state index in [4.69, 9.17) is 27.9 Å².